The summed E-state index contributed by atoms with van der Waals surface area (Å²) in [5.41, 5.74) is 3.07. The molecule has 7 heteroatoms. The highest BCUT2D eigenvalue weighted by molar-refractivity contribution is 7.10. The highest BCUT2D eigenvalue weighted by Gasteiger charge is 2.16. The molecule has 1 atom stereocenters. The molecule has 1 aromatic carbocycles. The van der Waals surface area contributed by atoms with E-state index in [1.54, 1.807) is 11.3 Å². The molecule has 26 heavy (non-hydrogen) atoms. The third-order valence-corrected chi connectivity index (χ3v) is 5.12. The molecule has 6 nitrogen and oxygen atoms in total. The van der Waals surface area contributed by atoms with Crippen molar-refractivity contribution in [1.82, 2.24) is 20.2 Å². The van der Waals surface area contributed by atoms with Gasteiger partial charge in [0.05, 0.1) is 17.1 Å². The van der Waals surface area contributed by atoms with E-state index in [0.29, 0.717) is 6.54 Å². The summed E-state index contributed by atoms with van der Waals surface area (Å²) in [4.78, 5) is 23.1. The lowest BCUT2D eigenvalue weighted by Crippen LogP contribution is -2.36. The lowest BCUT2D eigenvalue weighted by Gasteiger charge is -2.23. The molecular weight excluding hydrogens is 348 g/mol. The van der Waals surface area contributed by atoms with Gasteiger partial charge < -0.3 is 19.9 Å². The molecule has 2 aromatic heterocycles. The van der Waals surface area contributed by atoms with Gasteiger partial charge >= 0.3 is 0 Å². The number of aromatic nitrogens is 2. The summed E-state index contributed by atoms with van der Waals surface area (Å²) in [6.45, 7) is 2.89. The molecule has 0 radical (unpaired) electrons. The molecule has 0 saturated carbocycles. The van der Waals surface area contributed by atoms with E-state index in [1.165, 1.54) is 10.4 Å². The van der Waals surface area contributed by atoms with Gasteiger partial charge in [0.15, 0.2) is 0 Å². The van der Waals surface area contributed by atoms with Crippen LogP contribution >= 0.6 is 11.3 Å². The van der Waals surface area contributed by atoms with Crippen LogP contribution in [-0.4, -0.2) is 48.0 Å². The van der Waals surface area contributed by atoms with Crippen molar-refractivity contribution < 1.29 is 9.53 Å². The Kier molecular flexibility index (Phi) is 6.03. The number of amides is 1. The minimum Gasteiger partial charge on any atom is -0.364 e. The van der Waals surface area contributed by atoms with E-state index in [0.717, 1.165) is 16.9 Å². The first-order valence-electron chi connectivity index (χ1n) is 8.52. The number of carbonyl (C=O) groups is 1. The summed E-state index contributed by atoms with van der Waals surface area (Å²) in [7, 11) is 4.02. The van der Waals surface area contributed by atoms with Crippen molar-refractivity contribution in [3.05, 3.63) is 52.0 Å². The molecule has 2 N–H and O–H groups in total. The lowest BCUT2D eigenvalue weighted by atomic mass is 10.2. The number of hydrogen-bond donors (Lipinski definition) is 2. The van der Waals surface area contributed by atoms with E-state index in [2.05, 4.69) is 26.3 Å². The van der Waals surface area contributed by atoms with Crippen LogP contribution in [-0.2, 0) is 16.1 Å². The molecule has 3 aromatic rings. The van der Waals surface area contributed by atoms with Crippen LogP contribution in [0.1, 0.15) is 22.3 Å². The number of H-pyrrole nitrogens is 1. The highest BCUT2D eigenvalue weighted by atomic mass is 32.1. The summed E-state index contributed by atoms with van der Waals surface area (Å²) in [5.74, 6) is 0.600. The molecular formula is C19H24N4O2S. The maximum Gasteiger partial charge on any atom is 0.246 e. The van der Waals surface area contributed by atoms with Gasteiger partial charge in [0.2, 0.25) is 5.91 Å². The number of thiophene rings is 1. The quantitative estimate of drug-likeness (QED) is 0.638. The van der Waals surface area contributed by atoms with Crippen molar-refractivity contribution in [3.63, 3.8) is 0 Å². The minimum absolute atomic E-state index is 0.0145. The molecule has 3 rings (SSSR count). The molecule has 0 aliphatic heterocycles. The molecule has 1 amide bonds. The van der Waals surface area contributed by atoms with Crippen LogP contribution in [0.3, 0.4) is 0 Å². The zero-order valence-electron chi connectivity index (χ0n) is 15.3. The van der Waals surface area contributed by atoms with E-state index in [9.17, 15) is 4.79 Å². The van der Waals surface area contributed by atoms with Gasteiger partial charge in [0.25, 0.3) is 0 Å². The number of benzene rings is 1. The maximum absolute atomic E-state index is 12.1. The molecule has 0 aliphatic carbocycles. The largest absolute Gasteiger partial charge is 0.364 e. The fourth-order valence-electron chi connectivity index (χ4n) is 2.77. The zero-order valence-corrected chi connectivity index (χ0v) is 16.1. The highest BCUT2D eigenvalue weighted by Crippen LogP contribution is 2.22. The van der Waals surface area contributed by atoms with E-state index in [4.69, 9.17) is 4.74 Å². The smallest absolute Gasteiger partial charge is 0.246 e. The maximum atomic E-state index is 12.1. The second kappa shape index (κ2) is 8.44. The SMILES string of the molecule is Cc1ccc2nc(COCC(=O)NC[C@@H](c3cccs3)N(C)C)[nH]c2c1. The first kappa shape index (κ1) is 18.6. The van der Waals surface area contributed by atoms with Crippen LogP contribution < -0.4 is 5.32 Å². The number of rotatable bonds is 8. The molecule has 0 spiro atoms. The Balaban J connectivity index is 1.46. The van der Waals surface area contributed by atoms with Gasteiger partial charge in [-0.25, -0.2) is 4.98 Å². The van der Waals surface area contributed by atoms with Crippen LogP contribution in [0.2, 0.25) is 0 Å². The molecule has 138 valence electrons. The number of aromatic amines is 1. The van der Waals surface area contributed by atoms with Gasteiger partial charge in [-0.2, -0.15) is 0 Å². The van der Waals surface area contributed by atoms with Gasteiger partial charge in [0, 0.05) is 11.4 Å². The minimum atomic E-state index is -0.125. The second-order valence-electron chi connectivity index (χ2n) is 6.50. The Labute approximate surface area is 157 Å². The van der Waals surface area contributed by atoms with Gasteiger partial charge in [-0.15, -0.1) is 11.3 Å². The van der Waals surface area contributed by atoms with Crippen LogP contribution in [0.15, 0.2) is 35.7 Å². The second-order valence-corrected chi connectivity index (χ2v) is 7.48. The molecule has 2 heterocycles. The fraction of sp³-hybridized carbons (Fsp3) is 0.368. The van der Waals surface area contributed by atoms with Crippen LogP contribution in [0.25, 0.3) is 11.0 Å². The Morgan fingerprint density at radius 2 is 2.23 bits per heavy atom. The van der Waals surface area contributed by atoms with Crippen LogP contribution in [0.5, 0.6) is 0 Å². The van der Waals surface area contributed by atoms with Crippen molar-refractivity contribution in [2.24, 2.45) is 0 Å². The standard InChI is InChI=1S/C19H24N4O2S/c1-13-6-7-14-15(9-13)22-18(21-14)11-25-12-19(24)20-10-16(23(2)3)17-5-4-8-26-17/h4-9,16H,10-12H2,1-3H3,(H,20,24)(H,21,22)/t16-/m0/s1. The number of fused-ring (bicyclic) bond motifs is 1. The van der Waals surface area contributed by atoms with Crippen LogP contribution in [0, 0.1) is 6.92 Å². The predicted molar refractivity (Wildman–Crippen MR) is 104 cm³/mol. The summed E-state index contributed by atoms with van der Waals surface area (Å²) < 4.78 is 5.51. The number of aryl methyl sites for hydroxylation is 1. The van der Waals surface area contributed by atoms with Gasteiger partial charge in [0.1, 0.15) is 19.0 Å². The number of likely N-dealkylation sites (N-methyl/N-ethyl adjacent to an activating group) is 1. The van der Waals surface area contributed by atoms with E-state index >= 15 is 0 Å². The van der Waals surface area contributed by atoms with E-state index < -0.39 is 0 Å². The first-order chi connectivity index (χ1) is 12.5. The third-order valence-electron chi connectivity index (χ3n) is 4.15. The normalized spacial score (nSPS) is 12.6. The monoisotopic (exact) mass is 372 g/mol. The van der Waals surface area contributed by atoms with Gasteiger partial charge in [-0.05, 0) is 50.2 Å². The number of hydrogen-bond acceptors (Lipinski definition) is 5. The molecule has 0 bridgehead atoms. The van der Waals surface area contributed by atoms with Crippen molar-refractivity contribution in [2.75, 3.05) is 27.2 Å². The Morgan fingerprint density at radius 3 is 2.96 bits per heavy atom. The average Bonchev–Trinajstić information content (AvgIpc) is 3.24. The Morgan fingerprint density at radius 1 is 1.38 bits per heavy atom. The summed E-state index contributed by atoms with van der Waals surface area (Å²) in [6.07, 6.45) is 0. The van der Waals surface area contributed by atoms with Crippen molar-refractivity contribution in [3.8, 4) is 0 Å². The number of ether oxygens (including phenoxy) is 1. The average molecular weight is 372 g/mol. The summed E-state index contributed by atoms with van der Waals surface area (Å²) in [6, 6.07) is 10.3. The van der Waals surface area contributed by atoms with Gasteiger partial charge in [-0.1, -0.05) is 12.1 Å². The zero-order chi connectivity index (χ0) is 18.5. The molecule has 0 fully saturated rings. The number of nitrogens with zero attached hydrogens (tertiary/aromatic N) is 2. The number of imidazole rings is 1. The molecule has 0 aliphatic rings. The van der Waals surface area contributed by atoms with Gasteiger partial charge in [-0.3, -0.25) is 4.79 Å². The number of nitrogens with one attached hydrogen (secondary N) is 2. The predicted octanol–water partition coefficient (Wildman–Crippen LogP) is 2.87. The Hall–Kier alpha value is -2.22. The van der Waals surface area contributed by atoms with Crippen molar-refractivity contribution >= 4 is 28.3 Å². The fourth-order valence-corrected chi connectivity index (χ4v) is 3.69. The number of carbonyl (C=O) groups excluding carboxylic acids is 1. The third kappa shape index (κ3) is 4.69. The topological polar surface area (TPSA) is 70.2 Å². The molecule has 0 unspecified atom stereocenters. The summed E-state index contributed by atoms with van der Waals surface area (Å²) in [5, 5.41) is 4.99. The van der Waals surface area contributed by atoms with Crippen LogP contribution in [0.4, 0.5) is 0 Å². The van der Waals surface area contributed by atoms with E-state index in [-0.39, 0.29) is 25.2 Å². The Bertz CT molecular complexity index is 858. The lowest BCUT2D eigenvalue weighted by molar-refractivity contribution is -0.126. The molecule has 0 saturated heterocycles. The first-order valence-corrected chi connectivity index (χ1v) is 9.40. The summed E-state index contributed by atoms with van der Waals surface area (Å²) >= 11 is 1.69. The van der Waals surface area contributed by atoms with Crippen molar-refractivity contribution in [1.29, 1.82) is 0 Å². The van der Waals surface area contributed by atoms with E-state index in [1.807, 2.05) is 50.7 Å². The van der Waals surface area contributed by atoms with Crippen molar-refractivity contribution in [2.45, 2.75) is 19.6 Å².